The molecule has 0 saturated heterocycles. The molecule has 0 unspecified atom stereocenters. The molecule has 5 aromatic rings. The molecule has 0 aliphatic carbocycles. The molecule has 2 N–H and O–H groups in total. The van der Waals surface area contributed by atoms with E-state index in [1.54, 1.807) is 16.8 Å². The second-order valence-electron chi connectivity index (χ2n) is 7.06. The number of nitrogens with two attached hydrogens (primary N) is 1. The molecule has 31 heavy (non-hydrogen) atoms. The molecule has 0 radical (unpaired) electrons. The van der Waals surface area contributed by atoms with Crippen LogP contribution in [-0.4, -0.2) is 14.9 Å². The van der Waals surface area contributed by atoms with Gasteiger partial charge in [0.05, 0.1) is 22.7 Å². The number of hydrogen-bond acceptors (Lipinski definition) is 6. The molecule has 0 bridgehead atoms. The summed E-state index contributed by atoms with van der Waals surface area (Å²) in [5.74, 6) is 1.44. The van der Waals surface area contributed by atoms with Crippen LogP contribution in [0, 0.1) is 11.3 Å². The van der Waals surface area contributed by atoms with E-state index in [0.29, 0.717) is 28.6 Å². The fraction of sp³-hybridized carbons (Fsp3) is 0.0417. The number of nitriles is 1. The molecule has 5 rings (SSSR count). The number of benzene rings is 3. The molecule has 7 nitrogen and oxygen atoms in total. The summed E-state index contributed by atoms with van der Waals surface area (Å²) in [6, 6.07) is 24.9. The molecule has 0 saturated carbocycles. The molecule has 0 spiro atoms. The molecule has 2 aromatic heterocycles. The van der Waals surface area contributed by atoms with Crippen LogP contribution in [0.2, 0.25) is 0 Å². The van der Waals surface area contributed by atoms with Gasteiger partial charge in [0.25, 0.3) is 0 Å². The van der Waals surface area contributed by atoms with Crippen molar-refractivity contribution in [1.29, 1.82) is 5.26 Å². The Morgan fingerprint density at radius 1 is 1.00 bits per heavy atom. The largest absolute Gasteiger partial charge is 0.439 e. The second-order valence-corrected chi connectivity index (χ2v) is 7.06. The smallest absolute Gasteiger partial charge is 0.218 e. The van der Waals surface area contributed by atoms with E-state index in [1.807, 2.05) is 67.7 Å². The van der Waals surface area contributed by atoms with E-state index >= 15 is 0 Å². The van der Waals surface area contributed by atoms with Gasteiger partial charge in [0.15, 0.2) is 11.4 Å². The molecule has 150 valence electrons. The standard InChI is InChI=1S/C24H17N5O2/c1-29-23(13-20(27-29)16-5-3-2-4-6-16)30-21-11-15(14-25)7-9-18(21)17-8-10-19-22(12-17)31-28-24(19)26/h2-13H,1H3,(H2,26,28). The van der Waals surface area contributed by atoms with Crippen molar-refractivity contribution in [3.63, 3.8) is 0 Å². The van der Waals surface area contributed by atoms with Crippen LogP contribution in [0.5, 0.6) is 11.6 Å². The predicted octanol–water partition coefficient (Wildman–Crippen LogP) is 5.14. The number of nitrogen functional groups attached to an aromatic ring is 1. The van der Waals surface area contributed by atoms with Crippen LogP contribution in [-0.2, 0) is 7.05 Å². The summed E-state index contributed by atoms with van der Waals surface area (Å²) in [5.41, 5.74) is 10.4. The van der Waals surface area contributed by atoms with Gasteiger partial charge in [0.2, 0.25) is 5.88 Å². The van der Waals surface area contributed by atoms with Crippen LogP contribution in [0.1, 0.15) is 5.56 Å². The number of fused-ring (bicyclic) bond motifs is 1. The number of nitrogens with zero attached hydrogens (tertiary/aromatic N) is 4. The number of aryl methyl sites for hydroxylation is 1. The Morgan fingerprint density at radius 2 is 1.84 bits per heavy atom. The summed E-state index contributed by atoms with van der Waals surface area (Å²) < 4.78 is 13.2. The molecule has 0 atom stereocenters. The van der Waals surface area contributed by atoms with E-state index in [-0.39, 0.29) is 0 Å². The topological polar surface area (TPSA) is 103 Å². The highest BCUT2D eigenvalue weighted by atomic mass is 16.5. The van der Waals surface area contributed by atoms with Crippen molar-refractivity contribution in [3.8, 4) is 40.1 Å². The maximum Gasteiger partial charge on any atom is 0.218 e. The van der Waals surface area contributed by atoms with Crippen molar-refractivity contribution >= 4 is 16.8 Å². The van der Waals surface area contributed by atoms with Crippen LogP contribution >= 0.6 is 0 Å². The fourth-order valence-electron chi connectivity index (χ4n) is 3.45. The summed E-state index contributed by atoms with van der Waals surface area (Å²) >= 11 is 0. The second kappa shape index (κ2) is 7.35. The van der Waals surface area contributed by atoms with E-state index in [2.05, 4.69) is 16.3 Å². The Kier molecular flexibility index (Phi) is 4.38. The number of rotatable bonds is 4. The minimum atomic E-state index is 0.348. The first-order chi connectivity index (χ1) is 15.1. The monoisotopic (exact) mass is 407 g/mol. The molecule has 0 aliphatic rings. The Hall–Kier alpha value is -4.57. The van der Waals surface area contributed by atoms with Crippen molar-refractivity contribution in [2.75, 3.05) is 5.73 Å². The zero-order valence-electron chi connectivity index (χ0n) is 16.6. The number of anilines is 1. The van der Waals surface area contributed by atoms with E-state index < -0.39 is 0 Å². The van der Waals surface area contributed by atoms with Crippen LogP contribution in [0.4, 0.5) is 5.82 Å². The van der Waals surface area contributed by atoms with Crippen molar-refractivity contribution < 1.29 is 9.26 Å². The minimum Gasteiger partial charge on any atom is -0.439 e. The quantitative estimate of drug-likeness (QED) is 0.442. The third kappa shape index (κ3) is 3.36. The highest BCUT2D eigenvalue weighted by Crippen LogP contribution is 2.37. The van der Waals surface area contributed by atoms with Crippen molar-refractivity contribution in [1.82, 2.24) is 14.9 Å². The van der Waals surface area contributed by atoms with Gasteiger partial charge >= 0.3 is 0 Å². The minimum absolute atomic E-state index is 0.348. The molecule has 0 amide bonds. The van der Waals surface area contributed by atoms with Crippen molar-refractivity contribution in [3.05, 3.63) is 78.4 Å². The van der Waals surface area contributed by atoms with Gasteiger partial charge in [-0.05, 0) is 35.9 Å². The maximum atomic E-state index is 9.38. The van der Waals surface area contributed by atoms with Crippen molar-refractivity contribution in [2.45, 2.75) is 0 Å². The first kappa shape index (κ1) is 18.5. The predicted molar refractivity (Wildman–Crippen MR) is 117 cm³/mol. The lowest BCUT2D eigenvalue weighted by atomic mass is 10.0. The fourth-order valence-corrected chi connectivity index (χ4v) is 3.45. The van der Waals surface area contributed by atoms with E-state index in [0.717, 1.165) is 27.8 Å². The van der Waals surface area contributed by atoms with E-state index in [9.17, 15) is 5.26 Å². The summed E-state index contributed by atoms with van der Waals surface area (Å²) in [5, 5.41) is 18.5. The Labute approximate surface area is 177 Å². The van der Waals surface area contributed by atoms with Gasteiger partial charge < -0.3 is 15.0 Å². The summed E-state index contributed by atoms with van der Waals surface area (Å²) in [7, 11) is 1.82. The molecule has 2 heterocycles. The van der Waals surface area contributed by atoms with Gasteiger partial charge in [-0.2, -0.15) is 10.4 Å². The molecule has 3 aromatic carbocycles. The number of ether oxygens (including phenoxy) is 1. The third-order valence-corrected chi connectivity index (χ3v) is 5.04. The first-order valence-electron chi connectivity index (χ1n) is 9.59. The van der Waals surface area contributed by atoms with Crippen LogP contribution < -0.4 is 10.5 Å². The van der Waals surface area contributed by atoms with Crippen LogP contribution in [0.15, 0.2) is 77.3 Å². The molecule has 7 heteroatoms. The van der Waals surface area contributed by atoms with Gasteiger partial charge in [-0.15, -0.1) is 0 Å². The highest BCUT2D eigenvalue weighted by Gasteiger charge is 2.15. The lowest BCUT2D eigenvalue weighted by Crippen LogP contribution is -1.97. The number of aromatic nitrogens is 3. The molecular weight excluding hydrogens is 390 g/mol. The third-order valence-electron chi connectivity index (χ3n) is 5.04. The van der Waals surface area contributed by atoms with Crippen molar-refractivity contribution in [2.24, 2.45) is 7.05 Å². The van der Waals surface area contributed by atoms with E-state index in [1.165, 1.54) is 0 Å². The van der Waals surface area contributed by atoms with E-state index in [4.69, 9.17) is 15.0 Å². The van der Waals surface area contributed by atoms with Crippen LogP contribution in [0.25, 0.3) is 33.4 Å². The summed E-state index contributed by atoms with van der Waals surface area (Å²) in [6.45, 7) is 0. The average molecular weight is 407 g/mol. The van der Waals surface area contributed by atoms with Gasteiger partial charge in [0, 0.05) is 24.2 Å². The Morgan fingerprint density at radius 3 is 2.65 bits per heavy atom. The highest BCUT2D eigenvalue weighted by molar-refractivity contribution is 5.91. The van der Waals surface area contributed by atoms with Gasteiger partial charge in [-0.25, -0.2) is 4.68 Å². The van der Waals surface area contributed by atoms with Gasteiger partial charge in [-0.1, -0.05) is 41.6 Å². The summed E-state index contributed by atoms with van der Waals surface area (Å²) in [6.07, 6.45) is 0. The Balaban J connectivity index is 1.57. The maximum absolute atomic E-state index is 9.38. The Bertz CT molecular complexity index is 1440. The number of hydrogen-bond donors (Lipinski definition) is 1. The molecular formula is C24H17N5O2. The lowest BCUT2D eigenvalue weighted by molar-refractivity contribution is 0.432. The van der Waals surface area contributed by atoms with Crippen LogP contribution in [0.3, 0.4) is 0 Å². The molecule has 0 fully saturated rings. The zero-order valence-corrected chi connectivity index (χ0v) is 16.6. The van der Waals surface area contributed by atoms with Gasteiger partial charge in [0.1, 0.15) is 5.75 Å². The normalized spacial score (nSPS) is 10.8. The SMILES string of the molecule is Cn1nc(-c2ccccc2)cc1Oc1cc(C#N)ccc1-c1ccc2c(N)noc2c1. The summed E-state index contributed by atoms with van der Waals surface area (Å²) in [4.78, 5) is 0. The zero-order chi connectivity index (χ0) is 21.4. The lowest BCUT2D eigenvalue weighted by Gasteiger charge is -2.12. The first-order valence-corrected chi connectivity index (χ1v) is 9.59. The average Bonchev–Trinajstić information content (AvgIpc) is 3.36. The van der Waals surface area contributed by atoms with Gasteiger partial charge in [-0.3, -0.25) is 0 Å². The molecule has 0 aliphatic heterocycles.